The van der Waals surface area contributed by atoms with Crippen LogP contribution in [-0.4, -0.2) is 43.4 Å². The molecule has 0 saturated heterocycles. The molecule has 3 N–H and O–H groups in total. The minimum absolute atomic E-state index is 0.00373. The van der Waals surface area contributed by atoms with Crippen LogP contribution in [0, 0.1) is 0 Å². The van der Waals surface area contributed by atoms with Crippen LogP contribution >= 0.6 is 0 Å². The first kappa shape index (κ1) is 15.8. The predicted octanol–water partition coefficient (Wildman–Crippen LogP) is -0.0100. The number of hydrogen-bond acceptors (Lipinski definition) is 7. The van der Waals surface area contributed by atoms with Crippen LogP contribution in [0.25, 0.3) is 11.1 Å². The lowest BCUT2D eigenvalue weighted by Crippen LogP contribution is -2.29. The van der Waals surface area contributed by atoms with Crippen molar-refractivity contribution >= 4 is 22.7 Å². The van der Waals surface area contributed by atoms with Gasteiger partial charge in [-0.2, -0.15) is 0 Å². The lowest BCUT2D eigenvalue weighted by atomic mass is 10.2. The molecule has 9 nitrogen and oxygen atoms in total. The number of carbonyl (C=O) groups excluding carboxylic acids is 1. The van der Waals surface area contributed by atoms with Crippen LogP contribution in [0.1, 0.15) is 10.4 Å². The number of aliphatic hydroxyl groups excluding tert-OH is 2. The maximum absolute atomic E-state index is 12.5. The fourth-order valence-corrected chi connectivity index (χ4v) is 2.18. The first-order valence-electron chi connectivity index (χ1n) is 7.07. The summed E-state index contributed by atoms with van der Waals surface area (Å²) in [6.45, 7) is -0.642. The standard InChI is InChI=1S/C15H14N4O5/c20-6-10(21)5-19-8-17-14-12(15(19)23)11(7-24-14)13(22)18-9-2-1-3-16-4-9/h1-4,7-8,10,20-21H,5-6H2,(H,18,22). The van der Waals surface area contributed by atoms with Crippen LogP contribution in [0.5, 0.6) is 0 Å². The van der Waals surface area contributed by atoms with E-state index in [-0.39, 0.29) is 23.2 Å². The zero-order valence-corrected chi connectivity index (χ0v) is 12.4. The number of aliphatic hydroxyl groups is 2. The monoisotopic (exact) mass is 330 g/mol. The number of nitrogens with zero attached hydrogens (tertiary/aromatic N) is 3. The molecular formula is C15H14N4O5. The molecule has 1 atom stereocenters. The highest BCUT2D eigenvalue weighted by molar-refractivity contribution is 6.11. The van der Waals surface area contributed by atoms with Crippen LogP contribution in [0.15, 0.2) is 46.3 Å². The average molecular weight is 330 g/mol. The number of pyridine rings is 1. The fraction of sp³-hybridized carbons (Fsp3) is 0.200. The van der Waals surface area contributed by atoms with E-state index < -0.39 is 24.2 Å². The Balaban J connectivity index is 1.98. The van der Waals surface area contributed by atoms with Gasteiger partial charge in [0.1, 0.15) is 18.0 Å². The van der Waals surface area contributed by atoms with Gasteiger partial charge in [0.05, 0.1) is 36.7 Å². The van der Waals surface area contributed by atoms with E-state index in [0.717, 1.165) is 10.8 Å². The maximum atomic E-state index is 12.5. The second kappa shape index (κ2) is 6.60. The maximum Gasteiger partial charge on any atom is 0.265 e. The van der Waals surface area contributed by atoms with Crippen molar-refractivity contribution in [3.05, 3.63) is 53.0 Å². The Kier molecular flexibility index (Phi) is 4.36. The second-order valence-corrected chi connectivity index (χ2v) is 5.06. The first-order chi connectivity index (χ1) is 11.6. The van der Waals surface area contributed by atoms with Gasteiger partial charge < -0.3 is 19.9 Å². The molecule has 0 fully saturated rings. The number of rotatable bonds is 5. The Morgan fingerprint density at radius 1 is 1.46 bits per heavy atom. The van der Waals surface area contributed by atoms with Crippen molar-refractivity contribution in [2.24, 2.45) is 0 Å². The van der Waals surface area contributed by atoms with Gasteiger partial charge in [0, 0.05) is 6.20 Å². The highest BCUT2D eigenvalue weighted by atomic mass is 16.3. The average Bonchev–Trinajstić information content (AvgIpc) is 3.03. The summed E-state index contributed by atoms with van der Waals surface area (Å²) in [6, 6.07) is 3.31. The van der Waals surface area contributed by atoms with Gasteiger partial charge in [-0.25, -0.2) is 4.98 Å². The number of fused-ring (bicyclic) bond motifs is 1. The molecule has 124 valence electrons. The molecule has 3 heterocycles. The summed E-state index contributed by atoms with van der Waals surface area (Å²) in [5.74, 6) is -0.541. The van der Waals surface area contributed by atoms with Crippen molar-refractivity contribution in [2.75, 3.05) is 11.9 Å². The molecule has 9 heteroatoms. The predicted molar refractivity (Wildman–Crippen MR) is 83.6 cm³/mol. The molecule has 0 radical (unpaired) electrons. The zero-order valence-electron chi connectivity index (χ0n) is 12.4. The Bertz CT molecular complexity index is 919. The van der Waals surface area contributed by atoms with Crippen molar-refractivity contribution in [3.8, 4) is 0 Å². The largest absolute Gasteiger partial charge is 0.445 e. The summed E-state index contributed by atoms with van der Waals surface area (Å²) in [6.07, 6.45) is 4.26. The Morgan fingerprint density at radius 2 is 2.29 bits per heavy atom. The van der Waals surface area contributed by atoms with E-state index in [2.05, 4.69) is 15.3 Å². The lowest BCUT2D eigenvalue weighted by molar-refractivity contribution is 0.0802. The number of furan rings is 1. The molecule has 24 heavy (non-hydrogen) atoms. The SMILES string of the molecule is O=C(Nc1cccnc1)c1coc2ncn(CC(O)CO)c(=O)c12. The third kappa shape index (κ3) is 3.03. The van der Waals surface area contributed by atoms with E-state index in [1.807, 2.05) is 0 Å². The van der Waals surface area contributed by atoms with Gasteiger partial charge in [-0.1, -0.05) is 0 Å². The third-order valence-electron chi connectivity index (χ3n) is 3.34. The van der Waals surface area contributed by atoms with Crippen molar-refractivity contribution in [2.45, 2.75) is 12.6 Å². The van der Waals surface area contributed by atoms with Crippen molar-refractivity contribution in [1.29, 1.82) is 0 Å². The van der Waals surface area contributed by atoms with E-state index >= 15 is 0 Å². The number of aromatic nitrogens is 3. The number of carbonyl (C=O) groups is 1. The van der Waals surface area contributed by atoms with Gasteiger partial charge >= 0.3 is 0 Å². The quantitative estimate of drug-likeness (QED) is 0.599. The molecule has 1 amide bonds. The van der Waals surface area contributed by atoms with Crippen LogP contribution < -0.4 is 10.9 Å². The molecule has 0 bridgehead atoms. The highest BCUT2D eigenvalue weighted by Gasteiger charge is 2.20. The van der Waals surface area contributed by atoms with Crippen LogP contribution in [0.4, 0.5) is 5.69 Å². The zero-order chi connectivity index (χ0) is 17.1. The third-order valence-corrected chi connectivity index (χ3v) is 3.34. The highest BCUT2D eigenvalue weighted by Crippen LogP contribution is 2.17. The fourth-order valence-electron chi connectivity index (χ4n) is 2.18. The Labute approximate surface area is 135 Å². The van der Waals surface area contributed by atoms with Crippen LogP contribution in [0.2, 0.25) is 0 Å². The molecule has 0 aliphatic carbocycles. The van der Waals surface area contributed by atoms with E-state index in [1.165, 1.54) is 12.5 Å². The summed E-state index contributed by atoms with van der Waals surface area (Å²) in [5.41, 5.74) is -0.0281. The van der Waals surface area contributed by atoms with Crippen molar-refractivity contribution in [3.63, 3.8) is 0 Å². The summed E-state index contributed by atoms with van der Waals surface area (Å²) < 4.78 is 6.27. The lowest BCUT2D eigenvalue weighted by Gasteiger charge is -2.09. The van der Waals surface area contributed by atoms with E-state index in [0.29, 0.717) is 5.69 Å². The summed E-state index contributed by atoms with van der Waals surface area (Å²) in [5, 5.41) is 21.0. The Hall–Kier alpha value is -3.04. The smallest absolute Gasteiger partial charge is 0.265 e. The molecular weight excluding hydrogens is 316 g/mol. The number of amides is 1. The molecule has 3 aromatic heterocycles. The Morgan fingerprint density at radius 3 is 3.00 bits per heavy atom. The van der Waals surface area contributed by atoms with Crippen molar-refractivity contribution in [1.82, 2.24) is 14.5 Å². The number of nitrogens with one attached hydrogen (secondary N) is 1. The minimum atomic E-state index is -1.11. The second-order valence-electron chi connectivity index (χ2n) is 5.06. The van der Waals surface area contributed by atoms with Gasteiger partial charge in [-0.15, -0.1) is 0 Å². The van der Waals surface area contributed by atoms with Gasteiger partial charge in [-0.3, -0.25) is 19.1 Å². The normalized spacial score (nSPS) is 12.2. The molecule has 0 aliphatic rings. The number of anilines is 1. The first-order valence-corrected chi connectivity index (χ1v) is 7.07. The molecule has 0 saturated carbocycles. The topological polar surface area (TPSA) is 130 Å². The summed E-state index contributed by atoms with van der Waals surface area (Å²) >= 11 is 0. The van der Waals surface area contributed by atoms with Gasteiger partial charge in [0.2, 0.25) is 5.71 Å². The van der Waals surface area contributed by atoms with Gasteiger partial charge in [-0.05, 0) is 12.1 Å². The van der Waals surface area contributed by atoms with Crippen LogP contribution in [0.3, 0.4) is 0 Å². The van der Waals surface area contributed by atoms with Crippen molar-refractivity contribution < 1.29 is 19.4 Å². The molecule has 0 spiro atoms. The van der Waals surface area contributed by atoms with E-state index in [4.69, 9.17) is 9.52 Å². The van der Waals surface area contributed by atoms with Gasteiger partial charge in [0.15, 0.2) is 0 Å². The molecule has 0 aliphatic heterocycles. The summed E-state index contributed by atoms with van der Waals surface area (Å²) in [4.78, 5) is 32.7. The molecule has 0 aromatic carbocycles. The molecule has 3 aromatic rings. The number of hydrogen-bond donors (Lipinski definition) is 3. The molecule has 3 rings (SSSR count). The van der Waals surface area contributed by atoms with E-state index in [1.54, 1.807) is 18.3 Å². The summed E-state index contributed by atoms with van der Waals surface area (Å²) in [7, 11) is 0. The van der Waals surface area contributed by atoms with Crippen LogP contribution in [-0.2, 0) is 6.54 Å². The minimum Gasteiger partial charge on any atom is -0.445 e. The molecule has 1 unspecified atom stereocenters. The van der Waals surface area contributed by atoms with Gasteiger partial charge in [0.25, 0.3) is 11.5 Å². The van der Waals surface area contributed by atoms with E-state index in [9.17, 15) is 14.7 Å².